The first kappa shape index (κ1) is 18.7. The molecule has 1 aromatic rings. The Balaban J connectivity index is 2.02. The van der Waals surface area contributed by atoms with Crippen molar-refractivity contribution in [3.8, 4) is 0 Å². The molecule has 0 aromatic heterocycles. The van der Waals surface area contributed by atoms with Gasteiger partial charge in [0, 0.05) is 6.54 Å². The number of hydrogen-bond donors (Lipinski definition) is 3. The average Bonchev–Trinajstić information content (AvgIpc) is 3.08. The molecular weight excluding hydrogens is 302 g/mol. The van der Waals surface area contributed by atoms with E-state index in [9.17, 15) is 9.90 Å². The number of carbonyl (C=O) groups is 1. The van der Waals surface area contributed by atoms with Gasteiger partial charge in [0.25, 0.3) is 0 Å². The van der Waals surface area contributed by atoms with Gasteiger partial charge in [-0.05, 0) is 44.8 Å². The molecule has 3 N–H and O–H groups in total. The molecule has 1 aliphatic rings. The van der Waals surface area contributed by atoms with Gasteiger partial charge in [-0.2, -0.15) is 0 Å². The second-order valence-corrected chi connectivity index (χ2v) is 7.04. The fourth-order valence-corrected chi connectivity index (χ4v) is 3.34. The predicted molar refractivity (Wildman–Crippen MR) is 96.9 cm³/mol. The van der Waals surface area contributed by atoms with Crippen molar-refractivity contribution >= 4 is 6.03 Å². The van der Waals surface area contributed by atoms with Crippen LogP contribution in [0.15, 0.2) is 30.3 Å². The molecule has 1 saturated heterocycles. The van der Waals surface area contributed by atoms with Crippen molar-refractivity contribution < 1.29 is 9.90 Å². The van der Waals surface area contributed by atoms with E-state index < -0.39 is 5.54 Å². The van der Waals surface area contributed by atoms with E-state index in [0.29, 0.717) is 0 Å². The van der Waals surface area contributed by atoms with Crippen LogP contribution < -0.4 is 10.6 Å². The van der Waals surface area contributed by atoms with E-state index >= 15 is 0 Å². The molecule has 2 rings (SSSR count). The SMILES string of the molecule is CCCC(C)(CO)NC(=O)NC(CN1CCCC1)c1ccccc1. The Morgan fingerprint density at radius 3 is 2.54 bits per heavy atom. The predicted octanol–water partition coefficient (Wildman–Crippen LogP) is 2.67. The topological polar surface area (TPSA) is 64.6 Å². The highest BCUT2D eigenvalue weighted by Gasteiger charge is 2.26. The number of aliphatic hydroxyl groups excluding tert-OH is 1. The number of carbonyl (C=O) groups excluding carboxylic acids is 1. The number of rotatable bonds is 8. The van der Waals surface area contributed by atoms with E-state index in [2.05, 4.69) is 27.7 Å². The van der Waals surface area contributed by atoms with Crippen molar-refractivity contribution in [3.05, 3.63) is 35.9 Å². The van der Waals surface area contributed by atoms with Gasteiger partial charge in [0.1, 0.15) is 0 Å². The zero-order chi connectivity index (χ0) is 17.4. The van der Waals surface area contributed by atoms with Crippen LogP contribution in [0, 0.1) is 0 Å². The van der Waals surface area contributed by atoms with Crippen molar-refractivity contribution in [1.29, 1.82) is 0 Å². The van der Waals surface area contributed by atoms with E-state index in [1.807, 2.05) is 32.0 Å². The van der Waals surface area contributed by atoms with Crippen LogP contribution in [0.5, 0.6) is 0 Å². The number of urea groups is 1. The van der Waals surface area contributed by atoms with Gasteiger partial charge in [-0.15, -0.1) is 0 Å². The van der Waals surface area contributed by atoms with Crippen LogP contribution >= 0.6 is 0 Å². The summed E-state index contributed by atoms with van der Waals surface area (Å²) in [5.41, 5.74) is 0.536. The Morgan fingerprint density at radius 1 is 1.29 bits per heavy atom. The molecule has 2 atom stereocenters. The number of benzene rings is 1. The number of hydrogen-bond acceptors (Lipinski definition) is 3. The minimum absolute atomic E-state index is 0.0473. The lowest BCUT2D eigenvalue weighted by Crippen LogP contribution is -2.53. The molecular formula is C19H31N3O2. The molecule has 2 unspecified atom stereocenters. The summed E-state index contributed by atoms with van der Waals surface area (Å²) in [5.74, 6) is 0. The summed E-state index contributed by atoms with van der Waals surface area (Å²) in [6.07, 6.45) is 4.12. The van der Waals surface area contributed by atoms with Crippen molar-refractivity contribution in [2.24, 2.45) is 0 Å². The second-order valence-electron chi connectivity index (χ2n) is 7.04. The van der Waals surface area contributed by atoms with Crippen molar-refractivity contribution in [1.82, 2.24) is 15.5 Å². The van der Waals surface area contributed by atoms with Crippen molar-refractivity contribution in [2.45, 2.75) is 51.1 Å². The van der Waals surface area contributed by atoms with Gasteiger partial charge in [-0.3, -0.25) is 0 Å². The summed E-state index contributed by atoms with van der Waals surface area (Å²) < 4.78 is 0. The summed E-state index contributed by atoms with van der Waals surface area (Å²) in [7, 11) is 0. The number of likely N-dealkylation sites (tertiary alicyclic amines) is 1. The van der Waals surface area contributed by atoms with Gasteiger partial charge in [-0.1, -0.05) is 43.7 Å². The van der Waals surface area contributed by atoms with Crippen LogP contribution in [-0.4, -0.2) is 47.8 Å². The maximum Gasteiger partial charge on any atom is 0.315 e. The summed E-state index contributed by atoms with van der Waals surface area (Å²) in [5, 5.41) is 15.7. The van der Waals surface area contributed by atoms with Gasteiger partial charge in [0.05, 0.1) is 18.2 Å². The largest absolute Gasteiger partial charge is 0.394 e. The van der Waals surface area contributed by atoms with Crippen LogP contribution in [0.1, 0.15) is 51.1 Å². The summed E-state index contributed by atoms with van der Waals surface area (Å²) >= 11 is 0. The molecule has 1 aliphatic heterocycles. The molecule has 0 bridgehead atoms. The minimum Gasteiger partial charge on any atom is -0.394 e. The van der Waals surface area contributed by atoms with E-state index in [4.69, 9.17) is 0 Å². The van der Waals surface area contributed by atoms with E-state index in [1.54, 1.807) is 0 Å². The molecule has 0 aliphatic carbocycles. The summed E-state index contributed by atoms with van der Waals surface area (Å²) in [6.45, 7) is 6.88. The molecule has 0 spiro atoms. The molecule has 1 fully saturated rings. The maximum absolute atomic E-state index is 12.5. The van der Waals surface area contributed by atoms with Crippen LogP contribution in [0.3, 0.4) is 0 Å². The number of nitrogens with one attached hydrogen (secondary N) is 2. The molecule has 2 amide bonds. The first-order valence-corrected chi connectivity index (χ1v) is 9.03. The third kappa shape index (κ3) is 5.49. The number of nitrogens with zero attached hydrogens (tertiary/aromatic N) is 1. The third-order valence-corrected chi connectivity index (χ3v) is 4.71. The van der Waals surface area contributed by atoms with E-state index in [-0.39, 0.29) is 18.7 Å². The fraction of sp³-hybridized carbons (Fsp3) is 0.632. The van der Waals surface area contributed by atoms with Gasteiger partial charge in [0.15, 0.2) is 0 Å². The lowest BCUT2D eigenvalue weighted by molar-refractivity contribution is 0.160. The Bertz CT molecular complexity index is 503. The first-order valence-electron chi connectivity index (χ1n) is 9.03. The standard InChI is InChI=1S/C19H31N3O2/c1-3-11-19(2,15-23)21-18(24)20-17(14-22-12-7-8-13-22)16-9-5-4-6-10-16/h4-6,9-10,17,23H,3,7-8,11-15H2,1-2H3,(H2,20,21,24). The zero-order valence-corrected chi connectivity index (χ0v) is 14.9. The van der Waals surface area contributed by atoms with Crippen LogP contribution in [0.2, 0.25) is 0 Å². The second kappa shape index (κ2) is 9.04. The van der Waals surface area contributed by atoms with Gasteiger partial charge >= 0.3 is 6.03 Å². The number of amides is 2. The van der Waals surface area contributed by atoms with Gasteiger partial charge in [-0.25, -0.2) is 4.79 Å². The molecule has 5 heteroatoms. The Kier molecular flexibility index (Phi) is 7.06. The Hall–Kier alpha value is -1.59. The van der Waals surface area contributed by atoms with Crippen LogP contribution in [-0.2, 0) is 0 Å². The smallest absolute Gasteiger partial charge is 0.315 e. The number of aliphatic hydroxyl groups is 1. The molecule has 5 nitrogen and oxygen atoms in total. The molecule has 134 valence electrons. The minimum atomic E-state index is -0.576. The highest BCUT2D eigenvalue weighted by atomic mass is 16.3. The molecule has 0 radical (unpaired) electrons. The maximum atomic E-state index is 12.5. The normalized spacial score (nSPS) is 18.8. The van der Waals surface area contributed by atoms with Crippen molar-refractivity contribution in [3.63, 3.8) is 0 Å². The Morgan fingerprint density at radius 2 is 1.96 bits per heavy atom. The summed E-state index contributed by atoms with van der Waals surface area (Å²) in [6, 6.07) is 9.83. The zero-order valence-electron chi connectivity index (χ0n) is 14.9. The monoisotopic (exact) mass is 333 g/mol. The van der Waals surface area contributed by atoms with Crippen LogP contribution in [0.25, 0.3) is 0 Å². The highest BCUT2D eigenvalue weighted by molar-refractivity contribution is 5.75. The van der Waals surface area contributed by atoms with E-state index in [0.717, 1.165) is 38.0 Å². The fourth-order valence-electron chi connectivity index (χ4n) is 3.34. The molecule has 1 aromatic carbocycles. The van der Waals surface area contributed by atoms with Gasteiger partial charge < -0.3 is 20.6 Å². The van der Waals surface area contributed by atoms with E-state index in [1.165, 1.54) is 12.8 Å². The lowest BCUT2D eigenvalue weighted by Gasteiger charge is -2.31. The molecule has 1 heterocycles. The first-order chi connectivity index (χ1) is 11.6. The quantitative estimate of drug-likeness (QED) is 0.685. The van der Waals surface area contributed by atoms with Gasteiger partial charge in [0.2, 0.25) is 0 Å². The van der Waals surface area contributed by atoms with Crippen LogP contribution in [0.4, 0.5) is 4.79 Å². The summed E-state index contributed by atoms with van der Waals surface area (Å²) in [4.78, 5) is 14.9. The highest BCUT2D eigenvalue weighted by Crippen LogP contribution is 2.18. The Labute approximate surface area is 145 Å². The molecule has 24 heavy (non-hydrogen) atoms. The average molecular weight is 333 g/mol. The third-order valence-electron chi connectivity index (χ3n) is 4.71. The molecule has 0 saturated carbocycles. The van der Waals surface area contributed by atoms with Crippen molar-refractivity contribution in [2.75, 3.05) is 26.2 Å². The lowest BCUT2D eigenvalue weighted by atomic mass is 9.97.